The van der Waals surface area contributed by atoms with Crippen molar-refractivity contribution in [2.75, 3.05) is 49.1 Å². The van der Waals surface area contributed by atoms with Crippen molar-refractivity contribution in [3.8, 4) is 0 Å². The lowest BCUT2D eigenvalue weighted by Crippen LogP contribution is -2.48. The maximum absolute atomic E-state index is 12.1. The number of hydrogen-bond donors (Lipinski definition) is 1. The molecule has 0 atom stereocenters. The summed E-state index contributed by atoms with van der Waals surface area (Å²) in [6.45, 7) is 8.76. The first-order valence-electron chi connectivity index (χ1n) is 11.3. The Hall–Kier alpha value is -3.31. The average molecular weight is 429 g/mol. The Morgan fingerprint density at radius 1 is 0.906 bits per heavy atom. The van der Waals surface area contributed by atoms with Crippen LogP contribution in [0.5, 0.6) is 0 Å². The number of carbonyl (C=O) groups is 1. The molecule has 32 heavy (non-hydrogen) atoms. The van der Waals surface area contributed by atoms with Gasteiger partial charge in [0.15, 0.2) is 0 Å². The Bertz CT molecular complexity index is 1030. The fraction of sp³-hybridized carbons (Fsp3) is 0.296. The third kappa shape index (κ3) is 5.48. The van der Waals surface area contributed by atoms with E-state index < -0.39 is 0 Å². The average Bonchev–Trinajstić information content (AvgIpc) is 2.83. The zero-order valence-electron chi connectivity index (χ0n) is 18.8. The number of nitrogens with zero attached hydrogens (tertiary/aromatic N) is 3. The van der Waals surface area contributed by atoms with E-state index in [0.717, 1.165) is 51.5 Å². The first-order valence-corrected chi connectivity index (χ1v) is 11.3. The lowest BCUT2D eigenvalue weighted by atomic mass is 10.1. The molecule has 1 saturated heterocycles. The van der Waals surface area contributed by atoms with E-state index in [1.807, 2.05) is 24.3 Å². The van der Waals surface area contributed by atoms with Crippen LogP contribution in [0.1, 0.15) is 21.5 Å². The van der Waals surface area contributed by atoms with E-state index in [2.05, 4.69) is 76.2 Å². The molecule has 1 fully saturated rings. The van der Waals surface area contributed by atoms with Crippen LogP contribution in [-0.2, 0) is 6.54 Å². The molecule has 0 aliphatic carbocycles. The highest BCUT2D eigenvalue weighted by molar-refractivity contribution is 5.98. The summed E-state index contributed by atoms with van der Waals surface area (Å²) in [4.78, 5) is 19.3. The number of aryl methyl sites for hydroxylation is 1. The maximum Gasteiger partial charge on any atom is 0.250 e. The van der Waals surface area contributed by atoms with Crippen LogP contribution in [0, 0.1) is 6.92 Å². The molecule has 1 aliphatic rings. The smallest absolute Gasteiger partial charge is 0.250 e. The van der Waals surface area contributed by atoms with Gasteiger partial charge in [-0.25, -0.2) is 0 Å². The summed E-state index contributed by atoms with van der Waals surface area (Å²) in [5.74, 6) is -0.383. The van der Waals surface area contributed by atoms with E-state index in [-0.39, 0.29) is 5.91 Å². The number of piperazine rings is 1. The summed E-state index contributed by atoms with van der Waals surface area (Å²) < 4.78 is 0. The predicted molar refractivity (Wildman–Crippen MR) is 132 cm³/mol. The topological polar surface area (TPSA) is 52.8 Å². The van der Waals surface area contributed by atoms with Crippen LogP contribution < -0.4 is 15.5 Å². The molecule has 1 heterocycles. The van der Waals surface area contributed by atoms with E-state index in [1.165, 1.54) is 16.8 Å². The molecule has 2 N–H and O–H groups in total. The van der Waals surface area contributed by atoms with Gasteiger partial charge in [0, 0.05) is 57.2 Å². The van der Waals surface area contributed by atoms with Gasteiger partial charge in [-0.15, -0.1) is 0 Å². The van der Waals surface area contributed by atoms with E-state index in [4.69, 9.17) is 5.73 Å². The van der Waals surface area contributed by atoms with Crippen molar-refractivity contribution in [1.82, 2.24) is 4.90 Å². The summed E-state index contributed by atoms with van der Waals surface area (Å²) >= 11 is 0. The Morgan fingerprint density at radius 2 is 1.62 bits per heavy atom. The third-order valence-corrected chi connectivity index (χ3v) is 6.15. The first kappa shape index (κ1) is 21.9. The van der Waals surface area contributed by atoms with Crippen molar-refractivity contribution in [3.05, 3.63) is 95.6 Å². The van der Waals surface area contributed by atoms with E-state index in [9.17, 15) is 4.79 Å². The van der Waals surface area contributed by atoms with Crippen molar-refractivity contribution >= 4 is 17.3 Å². The molecular weight excluding hydrogens is 396 g/mol. The molecule has 166 valence electrons. The first-order chi connectivity index (χ1) is 15.6. The molecule has 1 aliphatic heterocycles. The quantitative estimate of drug-likeness (QED) is 0.591. The van der Waals surface area contributed by atoms with Gasteiger partial charge < -0.3 is 15.5 Å². The monoisotopic (exact) mass is 428 g/mol. The summed E-state index contributed by atoms with van der Waals surface area (Å²) in [7, 11) is 0. The fourth-order valence-electron chi connectivity index (χ4n) is 4.40. The number of benzene rings is 3. The SMILES string of the molecule is Cc1cccc(CN(CCN2CCN(c3ccccc3)CC2)c2ccccc2C(N)=O)c1. The van der Waals surface area contributed by atoms with Gasteiger partial charge in [-0.2, -0.15) is 0 Å². The van der Waals surface area contributed by atoms with Crippen LogP contribution >= 0.6 is 0 Å². The minimum absolute atomic E-state index is 0.383. The number of primary amides is 1. The third-order valence-electron chi connectivity index (χ3n) is 6.15. The molecule has 0 saturated carbocycles. The molecule has 4 rings (SSSR count). The van der Waals surface area contributed by atoms with Crippen LogP contribution in [0.4, 0.5) is 11.4 Å². The highest BCUT2D eigenvalue weighted by Crippen LogP contribution is 2.23. The van der Waals surface area contributed by atoms with Crippen LogP contribution in [0.25, 0.3) is 0 Å². The Balaban J connectivity index is 1.45. The second-order valence-electron chi connectivity index (χ2n) is 8.46. The number of anilines is 2. The number of carbonyl (C=O) groups excluding carboxylic acids is 1. The fourth-order valence-corrected chi connectivity index (χ4v) is 4.40. The van der Waals surface area contributed by atoms with E-state index >= 15 is 0 Å². The number of para-hydroxylation sites is 2. The van der Waals surface area contributed by atoms with Crippen LogP contribution in [0.3, 0.4) is 0 Å². The number of hydrogen-bond acceptors (Lipinski definition) is 4. The Labute approximate surface area is 191 Å². The van der Waals surface area contributed by atoms with Gasteiger partial charge in [0.05, 0.1) is 5.56 Å². The van der Waals surface area contributed by atoms with Crippen molar-refractivity contribution in [1.29, 1.82) is 0 Å². The van der Waals surface area contributed by atoms with Crippen LogP contribution in [0.15, 0.2) is 78.9 Å². The predicted octanol–water partition coefficient (Wildman–Crippen LogP) is 3.92. The summed E-state index contributed by atoms with van der Waals surface area (Å²) in [6.07, 6.45) is 0. The van der Waals surface area contributed by atoms with E-state index in [0.29, 0.717) is 5.56 Å². The number of amides is 1. The van der Waals surface area contributed by atoms with Gasteiger partial charge in [-0.3, -0.25) is 9.69 Å². The van der Waals surface area contributed by atoms with Gasteiger partial charge in [0.1, 0.15) is 0 Å². The van der Waals surface area contributed by atoms with Crippen molar-refractivity contribution in [2.24, 2.45) is 5.73 Å². The molecule has 0 radical (unpaired) electrons. The lowest BCUT2D eigenvalue weighted by molar-refractivity contribution is 0.100. The molecular formula is C27H32N4O. The second kappa shape index (κ2) is 10.3. The zero-order valence-corrected chi connectivity index (χ0v) is 18.8. The largest absolute Gasteiger partial charge is 0.369 e. The van der Waals surface area contributed by atoms with Gasteiger partial charge in [-0.05, 0) is 36.8 Å². The zero-order chi connectivity index (χ0) is 22.3. The highest BCUT2D eigenvalue weighted by atomic mass is 16.1. The molecule has 3 aromatic rings. The molecule has 0 spiro atoms. The van der Waals surface area contributed by atoms with Gasteiger partial charge in [0.2, 0.25) is 0 Å². The molecule has 3 aromatic carbocycles. The second-order valence-corrected chi connectivity index (χ2v) is 8.46. The van der Waals surface area contributed by atoms with Crippen molar-refractivity contribution in [3.63, 3.8) is 0 Å². The minimum atomic E-state index is -0.383. The van der Waals surface area contributed by atoms with Crippen LogP contribution in [-0.4, -0.2) is 50.1 Å². The highest BCUT2D eigenvalue weighted by Gasteiger charge is 2.20. The minimum Gasteiger partial charge on any atom is -0.369 e. The molecule has 5 nitrogen and oxygen atoms in total. The lowest BCUT2D eigenvalue weighted by Gasteiger charge is -2.37. The molecule has 0 bridgehead atoms. The molecule has 0 aromatic heterocycles. The maximum atomic E-state index is 12.1. The van der Waals surface area contributed by atoms with Gasteiger partial charge in [-0.1, -0.05) is 60.2 Å². The Morgan fingerprint density at radius 3 is 2.34 bits per heavy atom. The van der Waals surface area contributed by atoms with Crippen molar-refractivity contribution < 1.29 is 4.79 Å². The van der Waals surface area contributed by atoms with Crippen LogP contribution in [0.2, 0.25) is 0 Å². The summed E-state index contributed by atoms with van der Waals surface area (Å²) in [5, 5.41) is 0. The standard InChI is InChI=1S/C27H32N4O/c1-22-8-7-9-23(20-22)21-31(26-13-6-5-12-25(26)27(28)32)19-16-29-14-17-30(18-15-29)24-10-3-2-4-11-24/h2-13,20H,14-19,21H2,1H3,(H2,28,32). The van der Waals surface area contributed by atoms with Gasteiger partial charge in [0.25, 0.3) is 5.91 Å². The Kier molecular flexibility index (Phi) is 7.07. The summed E-state index contributed by atoms with van der Waals surface area (Å²) in [5.41, 5.74) is 11.0. The molecule has 5 heteroatoms. The van der Waals surface area contributed by atoms with Gasteiger partial charge >= 0.3 is 0 Å². The number of nitrogens with two attached hydrogens (primary N) is 1. The number of rotatable bonds is 8. The summed E-state index contributed by atoms with van der Waals surface area (Å²) in [6, 6.07) is 26.8. The molecule has 0 unspecified atom stereocenters. The molecule has 1 amide bonds. The van der Waals surface area contributed by atoms with E-state index in [1.54, 1.807) is 0 Å². The van der Waals surface area contributed by atoms with Crippen molar-refractivity contribution in [2.45, 2.75) is 13.5 Å². The normalized spacial score (nSPS) is 14.3.